The maximum atomic E-state index is 5.93. The van der Waals surface area contributed by atoms with Gasteiger partial charge in [-0.3, -0.25) is 4.90 Å². The van der Waals surface area contributed by atoms with E-state index in [1.54, 1.807) is 4.52 Å². The highest BCUT2D eigenvalue weighted by Crippen LogP contribution is 2.13. The molecule has 3 heterocycles. The molecule has 4 rings (SSSR count). The summed E-state index contributed by atoms with van der Waals surface area (Å²) < 4.78 is 7.65. The van der Waals surface area contributed by atoms with Gasteiger partial charge in [0.05, 0.1) is 12.7 Å². The topological polar surface area (TPSA) is 67.6 Å². The number of benzene rings is 1. The van der Waals surface area contributed by atoms with Crippen LogP contribution in [0.15, 0.2) is 42.7 Å². The third-order valence-electron chi connectivity index (χ3n) is 4.36. The fourth-order valence-corrected chi connectivity index (χ4v) is 3.16. The van der Waals surface area contributed by atoms with Crippen LogP contribution in [0.2, 0.25) is 0 Å². The number of aryl methyl sites for hydroxylation is 1. The smallest absolute Gasteiger partial charge is 0.254 e. The predicted octanol–water partition coefficient (Wildman–Crippen LogP) is 1.75. The van der Waals surface area contributed by atoms with Gasteiger partial charge in [-0.2, -0.15) is 14.6 Å². The summed E-state index contributed by atoms with van der Waals surface area (Å²) in [6.07, 6.45) is 1.66. The molecule has 130 valence electrons. The van der Waals surface area contributed by atoms with Crippen LogP contribution in [0.25, 0.3) is 5.78 Å². The van der Waals surface area contributed by atoms with Crippen molar-refractivity contribution >= 4 is 11.6 Å². The van der Waals surface area contributed by atoms with E-state index in [1.807, 2.05) is 13.0 Å². The van der Waals surface area contributed by atoms with Gasteiger partial charge in [0.2, 0.25) is 0 Å². The van der Waals surface area contributed by atoms with E-state index in [0.717, 1.165) is 44.3 Å². The third kappa shape index (κ3) is 3.78. The molecule has 25 heavy (non-hydrogen) atoms. The number of ether oxygens (including phenoxy) is 1. The Morgan fingerprint density at radius 2 is 2.16 bits per heavy atom. The minimum atomic E-state index is 0.143. The lowest BCUT2D eigenvalue weighted by Crippen LogP contribution is -2.44. The van der Waals surface area contributed by atoms with Gasteiger partial charge in [0.25, 0.3) is 5.78 Å². The van der Waals surface area contributed by atoms with Crippen molar-refractivity contribution < 1.29 is 4.74 Å². The van der Waals surface area contributed by atoms with Gasteiger partial charge in [-0.25, -0.2) is 4.98 Å². The van der Waals surface area contributed by atoms with Crippen molar-refractivity contribution in [1.29, 1.82) is 0 Å². The maximum absolute atomic E-state index is 5.93. The molecule has 3 aromatic rings. The van der Waals surface area contributed by atoms with Gasteiger partial charge >= 0.3 is 0 Å². The van der Waals surface area contributed by atoms with Crippen molar-refractivity contribution in [1.82, 2.24) is 24.5 Å². The summed E-state index contributed by atoms with van der Waals surface area (Å²) in [5.74, 6) is 1.50. The Morgan fingerprint density at radius 1 is 1.28 bits per heavy atom. The van der Waals surface area contributed by atoms with E-state index in [1.165, 1.54) is 11.9 Å². The van der Waals surface area contributed by atoms with Gasteiger partial charge in [-0.15, -0.1) is 0 Å². The normalized spacial score (nSPS) is 18.5. The molecule has 1 saturated heterocycles. The number of morpholine rings is 1. The van der Waals surface area contributed by atoms with Gasteiger partial charge in [0.15, 0.2) is 0 Å². The van der Waals surface area contributed by atoms with Crippen LogP contribution >= 0.6 is 0 Å². The van der Waals surface area contributed by atoms with Crippen LogP contribution in [0.1, 0.15) is 11.3 Å². The largest absolute Gasteiger partial charge is 0.374 e. The fourth-order valence-electron chi connectivity index (χ4n) is 3.16. The van der Waals surface area contributed by atoms with Gasteiger partial charge in [0.1, 0.15) is 12.1 Å². The molecule has 0 amide bonds. The molecule has 1 aliphatic heterocycles. The predicted molar refractivity (Wildman–Crippen MR) is 95.5 cm³/mol. The van der Waals surface area contributed by atoms with Crippen LogP contribution < -0.4 is 5.32 Å². The minimum Gasteiger partial charge on any atom is -0.374 e. The number of nitrogens with one attached hydrogen (secondary N) is 1. The number of rotatable bonds is 5. The second kappa shape index (κ2) is 7.16. The van der Waals surface area contributed by atoms with Gasteiger partial charge < -0.3 is 10.1 Å². The van der Waals surface area contributed by atoms with E-state index in [-0.39, 0.29) is 6.10 Å². The summed E-state index contributed by atoms with van der Waals surface area (Å²) in [5.41, 5.74) is 2.25. The van der Waals surface area contributed by atoms with Crippen LogP contribution in [0.3, 0.4) is 0 Å². The monoisotopic (exact) mass is 338 g/mol. The Hall–Kier alpha value is -2.51. The van der Waals surface area contributed by atoms with E-state index in [0.29, 0.717) is 5.78 Å². The Balaban J connectivity index is 1.38. The highest BCUT2D eigenvalue weighted by molar-refractivity contribution is 5.44. The Morgan fingerprint density at radius 3 is 3.04 bits per heavy atom. The van der Waals surface area contributed by atoms with Gasteiger partial charge in [-0.05, 0) is 12.5 Å². The first-order valence-corrected chi connectivity index (χ1v) is 8.57. The van der Waals surface area contributed by atoms with Crippen molar-refractivity contribution in [2.24, 2.45) is 0 Å². The number of anilines is 1. The minimum absolute atomic E-state index is 0.143. The lowest BCUT2D eigenvalue weighted by molar-refractivity contribution is -0.0240. The molecule has 0 radical (unpaired) electrons. The molecule has 0 bridgehead atoms. The molecule has 1 aliphatic rings. The summed E-state index contributed by atoms with van der Waals surface area (Å²) in [6, 6.07) is 12.5. The van der Waals surface area contributed by atoms with Crippen LogP contribution in [-0.4, -0.2) is 56.8 Å². The number of nitrogens with zero attached hydrogens (tertiary/aromatic N) is 5. The number of hydrogen-bond acceptors (Lipinski definition) is 6. The molecular formula is C18H22N6O. The Bertz CT molecular complexity index is 834. The molecular weight excluding hydrogens is 316 g/mol. The lowest BCUT2D eigenvalue weighted by Gasteiger charge is -2.33. The molecule has 1 unspecified atom stereocenters. The van der Waals surface area contributed by atoms with Crippen molar-refractivity contribution in [2.75, 3.05) is 31.6 Å². The molecule has 7 heteroatoms. The van der Waals surface area contributed by atoms with Crippen LogP contribution in [0.4, 0.5) is 5.82 Å². The molecule has 1 aromatic carbocycles. The van der Waals surface area contributed by atoms with Crippen molar-refractivity contribution in [3.05, 3.63) is 54.0 Å². The lowest BCUT2D eigenvalue weighted by atomic mass is 10.2. The zero-order chi connectivity index (χ0) is 17.1. The summed E-state index contributed by atoms with van der Waals surface area (Å²) in [7, 11) is 0. The average Bonchev–Trinajstić information content (AvgIpc) is 3.09. The SMILES string of the molecule is Cc1cc(NCC2CN(Cc3ccccc3)CCO2)n2ncnc2n1. The molecule has 0 spiro atoms. The van der Waals surface area contributed by atoms with Gasteiger partial charge in [-0.1, -0.05) is 30.3 Å². The first-order valence-electron chi connectivity index (χ1n) is 8.57. The fraction of sp³-hybridized carbons (Fsp3) is 0.389. The Labute approximate surface area is 146 Å². The van der Waals surface area contributed by atoms with Crippen LogP contribution in [0, 0.1) is 6.92 Å². The average molecular weight is 338 g/mol. The van der Waals surface area contributed by atoms with E-state index < -0.39 is 0 Å². The zero-order valence-electron chi connectivity index (χ0n) is 14.3. The first kappa shape index (κ1) is 16.0. The maximum Gasteiger partial charge on any atom is 0.254 e. The zero-order valence-corrected chi connectivity index (χ0v) is 14.3. The molecule has 0 aliphatic carbocycles. The second-order valence-corrected chi connectivity index (χ2v) is 6.35. The summed E-state index contributed by atoms with van der Waals surface area (Å²) >= 11 is 0. The molecule has 2 aromatic heterocycles. The van der Waals surface area contributed by atoms with Crippen molar-refractivity contribution in [3.8, 4) is 0 Å². The molecule has 1 atom stereocenters. The van der Waals surface area contributed by atoms with E-state index in [9.17, 15) is 0 Å². The molecule has 7 nitrogen and oxygen atoms in total. The molecule has 0 saturated carbocycles. The summed E-state index contributed by atoms with van der Waals surface area (Å²) in [5, 5.41) is 7.66. The summed E-state index contributed by atoms with van der Waals surface area (Å²) in [6.45, 7) is 6.28. The molecule has 1 N–H and O–H groups in total. The third-order valence-corrected chi connectivity index (χ3v) is 4.36. The Kier molecular flexibility index (Phi) is 4.58. The standard InChI is InChI=1S/C18H22N6O/c1-14-9-17(24-18(22-14)20-13-21-24)19-10-16-12-23(7-8-25-16)11-15-5-3-2-4-6-15/h2-6,9,13,16,19H,7-8,10-12H2,1H3. The molecule has 1 fully saturated rings. The highest BCUT2D eigenvalue weighted by atomic mass is 16.5. The number of aromatic nitrogens is 4. The van der Waals surface area contributed by atoms with E-state index in [2.05, 4.69) is 55.6 Å². The van der Waals surface area contributed by atoms with E-state index >= 15 is 0 Å². The van der Waals surface area contributed by atoms with Crippen LogP contribution in [0.5, 0.6) is 0 Å². The van der Waals surface area contributed by atoms with Crippen LogP contribution in [-0.2, 0) is 11.3 Å². The van der Waals surface area contributed by atoms with Gasteiger partial charge in [0, 0.05) is 37.9 Å². The second-order valence-electron chi connectivity index (χ2n) is 6.35. The summed E-state index contributed by atoms with van der Waals surface area (Å²) in [4.78, 5) is 11.0. The quantitative estimate of drug-likeness (QED) is 0.764. The van der Waals surface area contributed by atoms with Crippen molar-refractivity contribution in [2.45, 2.75) is 19.6 Å². The number of fused-ring (bicyclic) bond motifs is 1. The first-order chi connectivity index (χ1) is 12.3. The van der Waals surface area contributed by atoms with E-state index in [4.69, 9.17) is 4.74 Å². The highest BCUT2D eigenvalue weighted by Gasteiger charge is 2.20. The van der Waals surface area contributed by atoms with Crippen molar-refractivity contribution in [3.63, 3.8) is 0 Å². The number of hydrogen-bond donors (Lipinski definition) is 1.